The van der Waals surface area contributed by atoms with Gasteiger partial charge in [0.15, 0.2) is 0 Å². The minimum absolute atomic E-state index is 0.152. The van der Waals surface area contributed by atoms with Crippen LogP contribution in [0.1, 0.15) is 37.1 Å². The number of aromatic nitrogens is 1. The third-order valence-corrected chi connectivity index (χ3v) is 6.44. The first-order valence-corrected chi connectivity index (χ1v) is 12.8. The summed E-state index contributed by atoms with van der Waals surface area (Å²) in [7, 11) is 0. The monoisotopic (exact) mass is 503 g/mol. The first-order chi connectivity index (χ1) is 18.0. The topological polar surface area (TPSA) is 49.7 Å². The Labute approximate surface area is 217 Å². The van der Waals surface area contributed by atoms with Gasteiger partial charge in [-0.05, 0) is 62.1 Å². The molecular formula is C31H34FNO4. The van der Waals surface area contributed by atoms with Gasteiger partial charge in [0.05, 0.1) is 13.2 Å². The Morgan fingerprint density at radius 2 is 1.81 bits per heavy atom. The zero-order valence-corrected chi connectivity index (χ0v) is 21.8. The van der Waals surface area contributed by atoms with Crippen molar-refractivity contribution in [2.75, 3.05) is 19.8 Å². The number of rotatable bonds is 12. The van der Waals surface area contributed by atoms with Crippen LogP contribution in [0, 0.1) is 12.7 Å². The van der Waals surface area contributed by atoms with E-state index in [-0.39, 0.29) is 18.2 Å². The summed E-state index contributed by atoms with van der Waals surface area (Å²) >= 11 is 0. The Morgan fingerprint density at radius 3 is 2.59 bits per heavy atom. The van der Waals surface area contributed by atoms with Crippen molar-refractivity contribution in [2.45, 2.75) is 46.8 Å². The zero-order valence-electron chi connectivity index (χ0n) is 21.8. The number of hydrogen-bond donors (Lipinski definition) is 0. The van der Waals surface area contributed by atoms with Gasteiger partial charge in [-0.25, -0.2) is 4.39 Å². The summed E-state index contributed by atoms with van der Waals surface area (Å²) < 4.78 is 33.3. The lowest BCUT2D eigenvalue weighted by molar-refractivity contribution is -0.143. The average Bonchev–Trinajstić information content (AvgIpc) is 3.18. The number of halogens is 1. The molecule has 0 aliphatic carbocycles. The van der Waals surface area contributed by atoms with Crippen LogP contribution < -0.4 is 4.74 Å². The Balaban J connectivity index is 1.49. The van der Waals surface area contributed by atoms with Crippen molar-refractivity contribution in [3.8, 4) is 16.9 Å². The van der Waals surface area contributed by atoms with E-state index < -0.39 is 0 Å². The van der Waals surface area contributed by atoms with Crippen molar-refractivity contribution in [2.24, 2.45) is 0 Å². The number of aryl methyl sites for hydroxylation is 1. The number of nitrogens with zero attached hydrogens (tertiary/aromatic N) is 1. The van der Waals surface area contributed by atoms with Crippen molar-refractivity contribution in [3.63, 3.8) is 0 Å². The Hall–Kier alpha value is -3.64. The van der Waals surface area contributed by atoms with Crippen molar-refractivity contribution in [1.29, 1.82) is 0 Å². The summed E-state index contributed by atoms with van der Waals surface area (Å²) in [4.78, 5) is 11.6. The van der Waals surface area contributed by atoms with Crippen molar-refractivity contribution < 1.29 is 23.4 Å². The summed E-state index contributed by atoms with van der Waals surface area (Å²) in [5.41, 5.74) is 6.17. The lowest BCUT2D eigenvalue weighted by Gasteiger charge is -2.11. The fourth-order valence-electron chi connectivity index (χ4n) is 4.66. The predicted octanol–water partition coefficient (Wildman–Crippen LogP) is 6.87. The van der Waals surface area contributed by atoms with Crippen LogP contribution in [-0.2, 0) is 33.8 Å². The van der Waals surface area contributed by atoms with Gasteiger partial charge in [0.25, 0.3) is 0 Å². The second-order valence-electron chi connectivity index (χ2n) is 8.87. The third kappa shape index (κ3) is 6.38. The quantitative estimate of drug-likeness (QED) is 0.156. The first kappa shape index (κ1) is 26.4. The fourth-order valence-corrected chi connectivity index (χ4v) is 4.66. The SMILES string of the molecule is CCOCCn1c(C)c(-c2cccc(COc3ccc(CCC(=O)OCC)c(F)c3)c2)c2ccccc21. The standard InChI is InChI=1S/C31H34FNO4/c1-4-35-18-17-33-22(3)31(27-11-6-7-12-29(27)33)25-10-8-9-23(19-25)21-37-26-15-13-24(28(32)20-26)14-16-30(34)36-5-2/h6-13,15,19-20H,4-5,14,16-18,21H2,1-3H3. The van der Waals surface area contributed by atoms with Crippen LogP contribution in [0.2, 0.25) is 0 Å². The van der Waals surface area contributed by atoms with Gasteiger partial charge in [0.2, 0.25) is 0 Å². The summed E-state index contributed by atoms with van der Waals surface area (Å²) in [5.74, 6) is -0.257. The molecule has 4 aromatic rings. The van der Waals surface area contributed by atoms with Crippen LogP contribution in [0.4, 0.5) is 4.39 Å². The molecule has 0 spiro atoms. The number of para-hydroxylation sites is 1. The van der Waals surface area contributed by atoms with E-state index in [9.17, 15) is 9.18 Å². The molecule has 0 radical (unpaired) electrons. The van der Waals surface area contributed by atoms with E-state index in [1.165, 1.54) is 28.2 Å². The fraction of sp³-hybridized carbons (Fsp3) is 0.323. The number of benzene rings is 3. The van der Waals surface area contributed by atoms with E-state index in [1.807, 2.05) is 19.1 Å². The molecule has 0 saturated carbocycles. The Morgan fingerprint density at radius 1 is 0.973 bits per heavy atom. The lowest BCUT2D eigenvalue weighted by Crippen LogP contribution is -2.07. The number of carbonyl (C=O) groups is 1. The molecule has 0 amide bonds. The van der Waals surface area contributed by atoms with Gasteiger partial charge in [-0.3, -0.25) is 4.79 Å². The molecule has 3 aromatic carbocycles. The van der Waals surface area contributed by atoms with Crippen LogP contribution in [0.3, 0.4) is 0 Å². The summed E-state index contributed by atoms with van der Waals surface area (Å²) in [5, 5.41) is 1.20. The van der Waals surface area contributed by atoms with E-state index in [0.717, 1.165) is 17.7 Å². The molecule has 0 N–H and O–H groups in total. The van der Waals surface area contributed by atoms with Gasteiger partial charge in [-0.15, -0.1) is 0 Å². The Kier molecular flexibility index (Phi) is 8.96. The van der Waals surface area contributed by atoms with E-state index >= 15 is 0 Å². The minimum Gasteiger partial charge on any atom is -0.489 e. The largest absolute Gasteiger partial charge is 0.489 e. The van der Waals surface area contributed by atoms with E-state index in [2.05, 4.69) is 47.9 Å². The summed E-state index contributed by atoms with van der Waals surface area (Å²) in [6.45, 7) is 8.72. The normalized spacial score (nSPS) is 11.1. The van der Waals surface area contributed by atoms with E-state index in [1.54, 1.807) is 19.1 Å². The first-order valence-electron chi connectivity index (χ1n) is 12.8. The molecule has 194 valence electrons. The number of esters is 1. The van der Waals surface area contributed by atoms with Crippen molar-refractivity contribution >= 4 is 16.9 Å². The molecule has 5 nitrogen and oxygen atoms in total. The lowest BCUT2D eigenvalue weighted by atomic mass is 10.0. The summed E-state index contributed by atoms with van der Waals surface area (Å²) in [6, 6.07) is 21.5. The van der Waals surface area contributed by atoms with Crippen LogP contribution in [0.5, 0.6) is 5.75 Å². The van der Waals surface area contributed by atoms with E-state index in [4.69, 9.17) is 14.2 Å². The van der Waals surface area contributed by atoms with Crippen LogP contribution in [0.15, 0.2) is 66.7 Å². The molecule has 0 fully saturated rings. The van der Waals surface area contributed by atoms with Gasteiger partial charge in [-0.2, -0.15) is 0 Å². The molecule has 0 bridgehead atoms. The van der Waals surface area contributed by atoms with Gasteiger partial charge in [0, 0.05) is 47.8 Å². The van der Waals surface area contributed by atoms with Gasteiger partial charge >= 0.3 is 5.97 Å². The minimum atomic E-state index is -0.383. The molecule has 1 aromatic heterocycles. The van der Waals surface area contributed by atoms with Crippen LogP contribution in [-0.4, -0.2) is 30.4 Å². The summed E-state index contributed by atoms with van der Waals surface area (Å²) in [6.07, 6.45) is 0.448. The molecule has 0 aliphatic rings. The molecule has 0 unspecified atom stereocenters. The molecule has 4 rings (SSSR count). The average molecular weight is 504 g/mol. The van der Waals surface area contributed by atoms with Gasteiger partial charge in [-0.1, -0.05) is 42.5 Å². The molecule has 0 atom stereocenters. The predicted molar refractivity (Wildman–Crippen MR) is 144 cm³/mol. The van der Waals surface area contributed by atoms with Crippen LogP contribution in [0.25, 0.3) is 22.0 Å². The molecule has 6 heteroatoms. The molecule has 0 aliphatic heterocycles. The van der Waals surface area contributed by atoms with Gasteiger partial charge < -0.3 is 18.8 Å². The molecule has 1 heterocycles. The molecule has 0 saturated heterocycles. The van der Waals surface area contributed by atoms with Gasteiger partial charge in [0.1, 0.15) is 18.2 Å². The highest BCUT2D eigenvalue weighted by Gasteiger charge is 2.16. The number of hydrogen-bond acceptors (Lipinski definition) is 4. The smallest absolute Gasteiger partial charge is 0.306 e. The molecular weight excluding hydrogens is 469 g/mol. The third-order valence-electron chi connectivity index (χ3n) is 6.44. The van der Waals surface area contributed by atoms with Crippen molar-refractivity contribution in [3.05, 3.63) is 89.4 Å². The highest BCUT2D eigenvalue weighted by molar-refractivity contribution is 5.98. The maximum absolute atomic E-state index is 14.6. The second kappa shape index (κ2) is 12.5. The number of ether oxygens (including phenoxy) is 3. The number of carbonyl (C=O) groups excluding carboxylic acids is 1. The Bertz CT molecular complexity index is 1360. The van der Waals surface area contributed by atoms with E-state index in [0.29, 0.717) is 44.2 Å². The van der Waals surface area contributed by atoms with Crippen LogP contribution >= 0.6 is 0 Å². The highest BCUT2D eigenvalue weighted by atomic mass is 19.1. The molecule has 37 heavy (non-hydrogen) atoms. The van der Waals surface area contributed by atoms with Crippen molar-refractivity contribution in [1.82, 2.24) is 4.57 Å². The maximum Gasteiger partial charge on any atom is 0.306 e. The maximum atomic E-state index is 14.6. The number of fused-ring (bicyclic) bond motifs is 1. The zero-order chi connectivity index (χ0) is 26.2. The second-order valence-corrected chi connectivity index (χ2v) is 8.87. The highest BCUT2D eigenvalue weighted by Crippen LogP contribution is 2.35.